The highest BCUT2D eigenvalue weighted by Crippen LogP contribution is 2.32. The lowest BCUT2D eigenvalue weighted by Crippen LogP contribution is -2.60. The normalized spacial score (nSPS) is 28.3. The molecule has 0 aromatic heterocycles. The number of aliphatic hydroxyl groups is 1. The maximum absolute atomic E-state index is 11.3. The van der Waals surface area contributed by atoms with Gasteiger partial charge in [0.25, 0.3) is 0 Å². The molecule has 0 aliphatic carbocycles. The number of ether oxygens (including phenoxy) is 1. The molecule has 0 amide bonds. The van der Waals surface area contributed by atoms with Crippen LogP contribution < -0.4 is 0 Å². The second-order valence-electron chi connectivity index (χ2n) is 10.6. The van der Waals surface area contributed by atoms with Crippen molar-refractivity contribution in [3.05, 3.63) is 0 Å². The van der Waals surface area contributed by atoms with E-state index in [0.717, 1.165) is 45.6 Å². The fourth-order valence-electron chi connectivity index (χ4n) is 4.68. The summed E-state index contributed by atoms with van der Waals surface area (Å²) in [7, 11) is 2.19. The number of hydrogen-bond donors (Lipinski definition) is 1. The molecule has 0 aromatic rings. The lowest BCUT2D eigenvalue weighted by molar-refractivity contribution is -0.110. The Hall–Kier alpha value is -0.200. The number of likely N-dealkylation sites (N-methyl/N-ethyl adjacent to an activating group) is 1. The molecule has 1 unspecified atom stereocenters. The lowest BCUT2D eigenvalue weighted by atomic mass is 9.80. The Morgan fingerprint density at radius 1 is 1.04 bits per heavy atom. The van der Waals surface area contributed by atoms with E-state index in [0.29, 0.717) is 18.0 Å². The average molecular weight is 398 g/mol. The number of morpholine rings is 1. The number of hydrogen-bond acceptors (Lipinski definition) is 5. The second kappa shape index (κ2) is 9.74. The van der Waals surface area contributed by atoms with Gasteiger partial charge >= 0.3 is 0 Å². The van der Waals surface area contributed by atoms with Crippen molar-refractivity contribution in [2.75, 3.05) is 46.4 Å². The Morgan fingerprint density at radius 3 is 2.25 bits per heavy atom. The average Bonchev–Trinajstić information content (AvgIpc) is 2.66. The first-order valence-corrected chi connectivity index (χ1v) is 11.5. The van der Waals surface area contributed by atoms with Crippen LogP contribution in [0.2, 0.25) is 0 Å². The maximum Gasteiger partial charge on any atom is 0.0880 e. The molecule has 2 heterocycles. The topological polar surface area (TPSA) is 39.2 Å². The molecule has 2 fully saturated rings. The molecule has 5 nitrogen and oxygen atoms in total. The molecule has 1 N–H and O–H groups in total. The molecule has 3 atom stereocenters. The van der Waals surface area contributed by atoms with Crippen molar-refractivity contribution in [3.8, 4) is 0 Å². The van der Waals surface area contributed by atoms with E-state index in [1.165, 1.54) is 13.0 Å². The highest BCUT2D eigenvalue weighted by molar-refractivity contribution is 4.95. The highest BCUT2D eigenvalue weighted by Gasteiger charge is 2.40. The van der Waals surface area contributed by atoms with Crippen molar-refractivity contribution in [3.63, 3.8) is 0 Å². The standard InChI is InChI=1S/C23H47N3O2/c1-18(2)25-12-9-10-20(16-25)23(7,27)11-13-24(8)22(5,6)21-17-26(19(3)4)14-15-28-21/h18-21,27H,9-17H2,1-8H3/t20-,21-,23?/m1/s1. The van der Waals surface area contributed by atoms with Gasteiger partial charge in [0.1, 0.15) is 0 Å². The smallest absolute Gasteiger partial charge is 0.0880 e. The molecule has 0 radical (unpaired) electrons. The molecule has 2 saturated heterocycles. The van der Waals surface area contributed by atoms with Gasteiger partial charge in [-0.2, -0.15) is 0 Å². The lowest BCUT2D eigenvalue weighted by Gasteiger charge is -2.48. The zero-order valence-corrected chi connectivity index (χ0v) is 19.9. The van der Waals surface area contributed by atoms with E-state index >= 15 is 0 Å². The van der Waals surface area contributed by atoms with Crippen LogP contribution in [0.15, 0.2) is 0 Å². The van der Waals surface area contributed by atoms with Crippen LogP contribution in [0.4, 0.5) is 0 Å². The summed E-state index contributed by atoms with van der Waals surface area (Å²) in [5.74, 6) is 0.363. The Bertz CT molecular complexity index is 478. The van der Waals surface area contributed by atoms with Crippen LogP contribution in [-0.4, -0.2) is 95.5 Å². The minimum atomic E-state index is -0.616. The van der Waals surface area contributed by atoms with E-state index in [-0.39, 0.29) is 11.6 Å². The zero-order valence-electron chi connectivity index (χ0n) is 19.9. The summed E-state index contributed by atoms with van der Waals surface area (Å²) in [5, 5.41) is 11.3. The monoisotopic (exact) mass is 397 g/mol. The molecule has 166 valence electrons. The van der Waals surface area contributed by atoms with Crippen molar-refractivity contribution in [2.24, 2.45) is 5.92 Å². The first kappa shape index (κ1) is 24.1. The third-order valence-electron chi connectivity index (χ3n) is 7.62. The fraction of sp³-hybridized carbons (Fsp3) is 1.00. The van der Waals surface area contributed by atoms with Crippen molar-refractivity contribution in [1.29, 1.82) is 0 Å². The molecule has 28 heavy (non-hydrogen) atoms. The molecule has 0 saturated carbocycles. The molecule has 0 spiro atoms. The van der Waals surface area contributed by atoms with Gasteiger partial charge in [-0.25, -0.2) is 0 Å². The van der Waals surface area contributed by atoms with Crippen LogP contribution >= 0.6 is 0 Å². The van der Waals surface area contributed by atoms with Gasteiger partial charge in [-0.15, -0.1) is 0 Å². The first-order valence-electron chi connectivity index (χ1n) is 11.5. The van der Waals surface area contributed by atoms with Crippen LogP contribution in [0.1, 0.15) is 67.7 Å². The largest absolute Gasteiger partial charge is 0.390 e. The number of piperidine rings is 1. The molecule has 0 bridgehead atoms. The summed E-state index contributed by atoms with van der Waals surface area (Å²) in [6, 6.07) is 1.12. The van der Waals surface area contributed by atoms with Crippen molar-refractivity contribution in [1.82, 2.24) is 14.7 Å². The van der Waals surface area contributed by atoms with Gasteiger partial charge < -0.3 is 14.7 Å². The molecular weight excluding hydrogens is 350 g/mol. The van der Waals surface area contributed by atoms with Crippen LogP contribution in [0.3, 0.4) is 0 Å². The minimum Gasteiger partial charge on any atom is -0.390 e. The molecule has 2 rings (SSSR count). The first-order chi connectivity index (χ1) is 12.9. The van der Waals surface area contributed by atoms with E-state index in [1.807, 2.05) is 0 Å². The van der Waals surface area contributed by atoms with Gasteiger partial charge in [-0.3, -0.25) is 9.80 Å². The van der Waals surface area contributed by atoms with Crippen molar-refractivity contribution < 1.29 is 9.84 Å². The van der Waals surface area contributed by atoms with Crippen LogP contribution in [0.25, 0.3) is 0 Å². The van der Waals surface area contributed by atoms with Gasteiger partial charge in [0.15, 0.2) is 0 Å². The SMILES string of the molecule is CC(C)N1CCC[C@@H](C(C)(O)CCN(C)C(C)(C)[C@H]2CN(C(C)C)CCO2)C1. The predicted octanol–water partition coefficient (Wildman–Crippen LogP) is 3.07. The fourth-order valence-corrected chi connectivity index (χ4v) is 4.68. The van der Waals surface area contributed by atoms with Crippen LogP contribution in [0.5, 0.6) is 0 Å². The Morgan fingerprint density at radius 2 is 1.64 bits per heavy atom. The summed E-state index contributed by atoms with van der Waals surface area (Å²) >= 11 is 0. The van der Waals surface area contributed by atoms with Crippen LogP contribution in [-0.2, 0) is 4.74 Å². The molecule has 5 heteroatoms. The van der Waals surface area contributed by atoms with Crippen molar-refractivity contribution >= 4 is 0 Å². The molecule has 0 aromatic carbocycles. The number of rotatable bonds is 8. The summed E-state index contributed by atoms with van der Waals surface area (Å²) in [5.41, 5.74) is -0.671. The second-order valence-corrected chi connectivity index (χ2v) is 10.6. The summed E-state index contributed by atoms with van der Waals surface area (Å²) in [6.07, 6.45) is 3.34. The quantitative estimate of drug-likeness (QED) is 0.681. The Labute approximate surface area is 174 Å². The van der Waals surface area contributed by atoms with Gasteiger partial charge in [0, 0.05) is 49.7 Å². The molecular formula is C23H47N3O2. The van der Waals surface area contributed by atoms with E-state index in [9.17, 15) is 5.11 Å². The number of nitrogens with zero attached hydrogens (tertiary/aromatic N) is 3. The number of likely N-dealkylation sites (tertiary alicyclic amines) is 1. The predicted molar refractivity (Wildman–Crippen MR) is 118 cm³/mol. The van der Waals surface area contributed by atoms with Gasteiger partial charge in [-0.1, -0.05) is 0 Å². The Kier molecular flexibility index (Phi) is 8.37. The van der Waals surface area contributed by atoms with Gasteiger partial charge in [0.05, 0.1) is 18.3 Å². The highest BCUT2D eigenvalue weighted by atomic mass is 16.5. The Balaban J connectivity index is 1.92. The molecule has 2 aliphatic rings. The summed E-state index contributed by atoms with van der Waals surface area (Å²) in [6.45, 7) is 21.6. The van der Waals surface area contributed by atoms with E-state index in [4.69, 9.17) is 4.74 Å². The van der Waals surface area contributed by atoms with Crippen molar-refractivity contribution in [2.45, 2.75) is 97.1 Å². The van der Waals surface area contributed by atoms with Gasteiger partial charge in [-0.05, 0) is 81.3 Å². The van der Waals surface area contributed by atoms with Gasteiger partial charge in [0.2, 0.25) is 0 Å². The third kappa shape index (κ3) is 5.91. The van der Waals surface area contributed by atoms with E-state index in [2.05, 4.69) is 70.2 Å². The van der Waals surface area contributed by atoms with Crippen LogP contribution in [0, 0.1) is 5.92 Å². The summed E-state index contributed by atoms with van der Waals surface area (Å²) < 4.78 is 6.18. The van der Waals surface area contributed by atoms with E-state index in [1.54, 1.807) is 0 Å². The maximum atomic E-state index is 11.3. The molecule has 2 aliphatic heterocycles. The third-order valence-corrected chi connectivity index (χ3v) is 7.62. The summed E-state index contributed by atoms with van der Waals surface area (Å²) in [4.78, 5) is 7.44. The zero-order chi connectivity index (χ0) is 21.1. The minimum absolute atomic E-state index is 0.0554. The van der Waals surface area contributed by atoms with E-state index < -0.39 is 5.60 Å².